The van der Waals surface area contributed by atoms with Crippen molar-refractivity contribution in [2.45, 2.75) is 17.7 Å². The van der Waals surface area contributed by atoms with Gasteiger partial charge in [-0.2, -0.15) is 0 Å². The highest BCUT2D eigenvalue weighted by molar-refractivity contribution is 9.10. The lowest BCUT2D eigenvalue weighted by Gasteiger charge is -2.18. The first-order valence-corrected chi connectivity index (χ1v) is 10.4. The van der Waals surface area contributed by atoms with Crippen molar-refractivity contribution in [1.29, 1.82) is 0 Å². The van der Waals surface area contributed by atoms with Crippen LogP contribution >= 0.6 is 15.9 Å². The first-order chi connectivity index (χ1) is 12.4. The van der Waals surface area contributed by atoms with E-state index >= 15 is 0 Å². The standard InChI is InChI=1S/C18H19BrN2O4S/c1-25-17-9-8-15(12-16(17)18(22)21-10-2-3-11-21)26(23,24)20-14-6-4-13(19)5-7-14/h4-9,12,20H,2-3,10-11H2,1H3. The molecule has 2 aromatic carbocycles. The number of ether oxygens (including phenoxy) is 1. The van der Waals surface area contributed by atoms with E-state index in [9.17, 15) is 13.2 Å². The zero-order valence-electron chi connectivity index (χ0n) is 14.2. The smallest absolute Gasteiger partial charge is 0.261 e. The predicted molar refractivity (Wildman–Crippen MR) is 103 cm³/mol. The number of hydrogen-bond acceptors (Lipinski definition) is 4. The summed E-state index contributed by atoms with van der Waals surface area (Å²) >= 11 is 3.31. The van der Waals surface area contributed by atoms with Gasteiger partial charge in [0, 0.05) is 23.2 Å². The van der Waals surface area contributed by atoms with Gasteiger partial charge in [-0.25, -0.2) is 8.42 Å². The maximum absolute atomic E-state index is 12.7. The molecule has 1 heterocycles. The Kier molecular flexibility index (Phi) is 5.52. The highest BCUT2D eigenvalue weighted by Gasteiger charge is 2.25. The van der Waals surface area contributed by atoms with Gasteiger partial charge in [-0.3, -0.25) is 9.52 Å². The van der Waals surface area contributed by atoms with Gasteiger partial charge in [0.2, 0.25) is 0 Å². The molecule has 1 N–H and O–H groups in total. The molecule has 0 atom stereocenters. The van der Waals surface area contributed by atoms with E-state index < -0.39 is 10.0 Å². The Labute approximate surface area is 161 Å². The van der Waals surface area contributed by atoms with Crippen LogP contribution in [0, 0.1) is 0 Å². The number of hydrogen-bond donors (Lipinski definition) is 1. The van der Waals surface area contributed by atoms with Crippen molar-refractivity contribution in [2.75, 3.05) is 24.9 Å². The summed E-state index contributed by atoms with van der Waals surface area (Å²) in [6.45, 7) is 1.35. The van der Waals surface area contributed by atoms with Gasteiger partial charge in [0.1, 0.15) is 5.75 Å². The fraction of sp³-hybridized carbons (Fsp3) is 0.278. The van der Waals surface area contributed by atoms with Crippen molar-refractivity contribution in [2.24, 2.45) is 0 Å². The maximum Gasteiger partial charge on any atom is 0.261 e. The number of anilines is 1. The van der Waals surface area contributed by atoms with Crippen LogP contribution in [0.1, 0.15) is 23.2 Å². The number of likely N-dealkylation sites (tertiary alicyclic amines) is 1. The van der Waals surface area contributed by atoms with Gasteiger partial charge < -0.3 is 9.64 Å². The van der Waals surface area contributed by atoms with Gasteiger partial charge in [-0.15, -0.1) is 0 Å². The molecular weight excluding hydrogens is 420 g/mol. The van der Waals surface area contributed by atoms with Crippen LogP contribution in [-0.4, -0.2) is 39.4 Å². The number of nitrogens with zero attached hydrogens (tertiary/aromatic N) is 1. The van der Waals surface area contributed by atoms with Crippen LogP contribution in [0.4, 0.5) is 5.69 Å². The lowest BCUT2D eigenvalue weighted by atomic mass is 10.1. The summed E-state index contributed by atoms with van der Waals surface area (Å²) < 4.78 is 34.0. The summed E-state index contributed by atoms with van der Waals surface area (Å²) in [6.07, 6.45) is 1.91. The number of methoxy groups -OCH3 is 1. The molecule has 0 unspecified atom stereocenters. The number of rotatable bonds is 5. The van der Waals surface area contributed by atoms with Crippen molar-refractivity contribution >= 4 is 37.5 Å². The molecular formula is C18H19BrN2O4S. The van der Waals surface area contributed by atoms with Crippen molar-refractivity contribution in [3.8, 4) is 5.75 Å². The summed E-state index contributed by atoms with van der Waals surface area (Å²) in [4.78, 5) is 14.5. The number of carbonyl (C=O) groups is 1. The SMILES string of the molecule is COc1ccc(S(=O)(=O)Nc2ccc(Br)cc2)cc1C(=O)N1CCCC1. The molecule has 1 aliphatic rings. The highest BCUT2D eigenvalue weighted by Crippen LogP contribution is 2.27. The Morgan fingerprint density at radius 2 is 1.77 bits per heavy atom. The second-order valence-electron chi connectivity index (χ2n) is 5.97. The number of halogens is 1. The molecule has 26 heavy (non-hydrogen) atoms. The monoisotopic (exact) mass is 438 g/mol. The largest absolute Gasteiger partial charge is 0.496 e. The van der Waals surface area contributed by atoms with Gasteiger partial charge in [0.15, 0.2) is 0 Å². The molecule has 1 amide bonds. The zero-order valence-corrected chi connectivity index (χ0v) is 16.6. The van der Waals surface area contributed by atoms with Crippen molar-refractivity contribution in [3.05, 3.63) is 52.5 Å². The Bertz CT molecular complexity index is 907. The Balaban J connectivity index is 1.92. The molecule has 0 bridgehead atoms. The van der Waals surface area contributed by atoms with E-state index in [1.807, 2.05) is 0 Å². The second-order valence-corrected chi connectivity index (χ2v) is 8.57. The van der Waals surface area contributed by atoms with Crippen LogP contribution in [0.15, 0.2) is 51.8 Å². The summed E-state index contributed by atoms with van der Waals surface area (Å²) in [5.74, 6) is 0.157. The summed E-state index contributed by atoms with van der Waals surface area (Å²) in [5, 5.41) is 0. The van der Waals surface area contributed by atoms with Crippen molar-refractivity contribution in [1.82, 2.24) is 4.90 Å². The molecule has 6 nitrogen and oxygen atoms in total. The van der Waals surface area contributed by atoms with E-state index in [0.717, 1.165) is 17.3 Å². The molecule has 1 aliphatic heterocycles. The minimum atomic E-state index is -3.82. The number of carbonyl (C=O) groups excluding carboxylic acids is 1. The van der Waals surface area contributed by atoms with Gasteiger partial charge in [0.05, 0.1) is 17.6 Å². The normalized spacial score (nSPS) is 14.3. The van der Waals surface area contributed by atoms with Crippen LogP contribution in [0.5, 0.6) is 5.75 Å². The van der Waals surface area contributed by atoms with Crippen LogP contribution in [0.2, 0.25) is 0 Å². The summed E-state index contributed by atoms with van der Waals surface area (Å²) in [7, 11) is -2.36. The molecule has 0 spiro atoms. The first-order valence-electron chi connectivity index (χ1n) is 8.16. The molecule has 0 saturated carbocycles. The van der Waals surface area contributed by atoms with Crippen LogP contribution in [0.25, 0.3) is 0 Å². The predicted octanol–water partition coefficient (Wildman–Crippen LogP) is 3.49. The molecule has 1 saturated heterocycles. The van der Waals surface area contributed by atoms with E-state index in [4.69, 9.17) is 4.74 Å². The third-order valence-electron chi connectivity index (χ3n) is 4.20. The van der Waals surface area contributed by atoms with Crippen LogP contribution in [-0.2, 0) is 10.0 Å². The van der Waals surface area contributed by atoms with Gasteiger partial charge in [-0.1, -0.05) is 15.9 Å². The molecule has 138 valence electrons. The molecule has 0 aromatic heterocycles. The van der Waals surface area contributed by atoms with Crippen molar-refractivity contribution < 1.29 is 17.9 Å². The zero-order chi connectivity index (χ0) is 18.7. The molecule has 1 fully saturated rings. The quantitative estimate of drug-likeness (QED) is 0.774. The van der Waals surface area contributed by atoms with Crippen LogP contribution < -0.4 is 9.46 Å². The number of sulfonamides is 1. The fourth-order valence-electron chi connectivity index (χ4n) is 2.84. The molecule has 3 rings (SSSR count). The highest BCUT2D eigenvalue weighted by atomic mass is 79.9. The molecule has 2 aromatic rings. The topological polar surface area (TPSA) is 75.7 Å². The molecule has 0 aliphatic carbocycles. The van der Waals surface area contributed by atoms with E-state index in [0.29, 0.717) is 24.5 Å². The van der Waals surface area contributed by atoms with E-state index in [-0.39, 0.29) is 16.4 Å². The Morgan fingerprint density at radius 1 is 1.12 bits per heavy atom. The maximum atomic E-state index is 12.7. The Hall–Kier alpha value is -2.06. The van der Waals surface area contributed by atoms with E-state index in [1.54, 1.807) is 29.2 Å². The third-order valence-corrected chi connectivity index (χ3v) is 6.11. The summed E-state index contributed by atoms with van der Waals surface area (Å²) in [6, 6.07) is 11.1. The average molecular weight is 439 g/mol. The first kappa shape index (κ1) is 18.7. The molecule has 8 heteroatoms. The minimum absolute atomic E-state index is 0.0174. The van der Waals surface area contributed by atoms with Gasteiger partial charge in [0.25, 0.3) is 15.9 Å². The van der Waals surface area contributed by atoms with E-state index in [2.05, 4.69) is 20.7 Å². The minimum Gasteiger partial charge on any atom is -0.496 e. The van der Waals surface area contributed by atoms with E-state index in [1.165, 1.54) is 25.3 Å². The summed E-state index contributed by atoms with van der Waals surface area (Å²) in [5.41, 5.74) is 0.699. The molecule has 0 radical (unpaired) electrons. The third kappa shape index (κ3) is 4.02. The van der Waals surface area contributed by atoms with Gasteiger partial charge in [-0.05, 0) is 55.3 Å². The van der Waals surface area contributed by atoms with Gasteiger partial charge >= 0.3 is 0 Å². The second kappa shape index (κ2) is 7.67. The number of benzene rings is 2. The number of amides is 1. The average Bonchev–Trinajstić information content (AvgIpc) is 3.17. The lowest BCUT2D eigenvalue weighted by molar-refractivity contribution is 0.0789. The van der Waals surface area contributed by atoms with Crippen LogP contribution in [0.3, 0.4) is 0 Å². The lowest BCUT2D eigenvalue weighted by Crippen LogP contribution is -2.28. The van der Waals surface area contributed by atoms with Crippen molar-refractivity contribution in [3.63, 3.8) is 0 Å². The number of nitrogens with one attached hydrogen (secondary N) is 1. The Morgan fingerprint density at radius 3 is 2.38 bits per heavy atom. The fourth-order valence-corrected chi connectivity index (χ4v) is 4.19.